The summed E-state index contributed by atoms with van der Waals surface area (Å²) in [5.41, 5.74) is 0. The van der Waals surface area contributed by atoms with Crippen LogP contribution in [0.4, 0.5) is 9.18 Å². The maximum atomic E-state index is 12.9. The van der Waals surface area contributed by atoms with E-state index >= 15 is 0 Å². The molecule has 0 unspecified atom stereocenters. The second-order valence-electron chi connectivity index (χ2n) is 5.04. The van der Waals surface area contributed by atoms with Crippen LogP contribution < -0.4 is 4.72 Å². The first-order chi connectivity index (χ1) is 10.4. The van der Waals surface area contributed by atoms with E-state index in [4.69, 9.17) is 4.74 Å². The van der Waals surface area contributed by atoms with E-state index in [0.29, 0.717) is 32.5 Å². The van der Waals surface area contributed by atoms with Gasteiger partial charge in [-0.05, 0) is 44.0 Å². The number of piperidine rings is 1. The highest BCUT2D eigenvalue weighted by Gasteiger charge is 2.27. The summed E-state index contributed by atoms with van der Waals surface area (Å²) in [6, 6.07) is 4.42. The van der Waals surface area contributed by atoms with Crippen molar-refractivity contribution >= 4 is 16.1 Å². The molecule has 0 aliphatic carbocycles. The number of likely N-dealkylation sites (tertiary alicyclic amines) is 1. The Morgan fingerprint density at radius 2 is 1.91 bits per heavy atom. The molecule has 1 aromatic rings. The third-order valence-electron chi connectivity index (χ3n) is 3.47. The van der Waals surface area contributed by atoms with Crippen molar-refractivity contribution < 1.29 is 22.3 Å². The molecule has 1 aliphatic heterocycles. The quantitative estimate of drug-likeness (QED) is 0.912. The second-order valence-corrected chi connectivity index (χ2v) is 6.75. The normalized spacial score (nSPS) is 16.5. The molecule has 1 saturated heterocycles. The van der Waals surface area contributed by atoms with Crippen molar-refractivity contribution in [1.82, 2.24) is 9.62 Å². The highest BCUT2D eigenvalue weighted by Crippen LogP contribution is 2.16. The lowest BCUT2D eigenvalue weighted by Gasteiger charge is -2.31. The van der Waals surface area contributed by atoms with Gasteiger partial charge in [0.2, 0.25) is 10.0 Å². The Hall–Kier alpha value is -1.67. The van der Waals surface area contributed by atoms with Crippen LogP contribution in [-0.4, -0.2) is 45.1 Å². The Morgan fingerprint density at radius 1 is 1.32 bits per heavy atom. The third-order valence-corrected chi connectivity index (χ3v) is 5.00. The molecule has 0 bridgehead atoms. The molecule has 22 heavy (non-hydrogen) atoms. The number of amides is 1. The summed E-state index contributed by atoms with van der Waals surface area (Å²) >= 11 is 0. The van der Waals surface area contributed by atoms with Crippen molar-refractivity contribution in [3.8, 4) is 0 Å². The molecule has 1 amide bonds. The first-order valence-corrected chi connectivity index (χ1v) is 8.60. The maximum absolute atomic E-state index is 12.9. The van der Waals surface area contributed by atoms with Gasteiger partial charge in [-0.3, -0.25) is 0 Å². The van der Waals surface area contributed by atoms with Crippen LogP contribution in [0.2, 0.25) is 0 Å². The van der Waals surface area contributed by atoms with Crippen LogP contribution in [0.15, 0.2) is 29.2 Å². The van der Waals surface area contributed by atoms with Gasteiger partial charge in [-0.1, -0.05) is 0 Å². The van der Waals surface area contributed by atoms with Crippen molar-refractivity contribution in [3.63, 3.8) is 0 Å². The molecule has 1 fully saturated rings. The summed E-state index contributed by atoms with van der Waals surface area (Å²) in [6.45, 7) is 2.93. The van der Waals surface area contributed by atoms with E-state index in [1.807, 2.05) is 0 Å². The van der Waals surface area contributed by atoms with E-state index < -0.39 is 15.8 Å². The van der Waals surface area contributed by atoms with Crippen LogP contribution in [0.3, 0.4) is 0 Å². The van der Waals surface area contributed by atoms with Crippen LogP contribution >= 0.6 is 0 Å². The van der Waals surface area contributed by atoms with E-state index in [0.717, 1.165) is 12.1 Å². The molecule has 1 aromatic carbocycles. The van der Waals surface area contributed by atoms with Gasteiger partial charge in [-0.25, -0.2) is 22.3 Å². The van der Waals surface area contributed by atoms with E-state index in [2.05, 4.69) is 4.72 Å². The number of rotatable bonds is 4. The summed E-state index contributed by atoms with van der Waals surface area (Å²) in [7, 11) is -3.68. The zero-order chi connectivity index (χ0) is 16.2. The zero-order valence-electron chi connectivity index (χ0n) is 12.3. The van der Waals surface area contributed by atoms with Gasteiger partial charge in [-0.2, -0.15) is 0 Å². The Labute approximate surface area is 129 Å². The van der Waals surface area contributed by atoms with Gasteiger partial charge < -0.3 is 9.64 Å². The molecule has 0 radical (unpaired) electrons. The van der Waals surface area contributed by atoms with Gasteiger partial charge in [0.15, 0.2) is 0 Å². The number of carbonyl (C=O) groups excluding carboxylic acids is 1. The molecule has 0 atom stereocenters. The molecule has 0 aromatic heterocycles. The van der Waals surface area contributed by atoms with Crippen LogP contribution in [0.5, 0.6) is 0 Å². The minimum Gasteiger partial charge on any atom is -0.450 e. The van der Waals surface area contributed by atoms with Crippen molar-refractivity contribution in [3.05, 3.63) is 30.1 Å². The van der Waals surface area contributed by atoms with Crippen LogP contribution in [0.25, 0.3) is 0 Å². The van der Waals surface area contributed by atoms with Crippen LogP contribution in [0.1, 0.15) is 19.8 Å². The molecule has 1 heterocycles. The monoisotopic (exact) mass is 330 g/mol. The number of ether oxygens (including phenoxy) is 1. The van der Waals surface area contributed by atoms with E-state index in [1.165, 1.54) is 12.1 Å². The van der Waals surface area contributed by atoms with Gasteiger partial charge in [0.05, 0.1) is 11.5 Å². The Morgan fingerprint density at radius 3 is 2.45 bits per heavy atom. The Bertz CT molecular complexity index is 610. The van der Waals surface area contributed by atoms with E-state index in [9.17, 15) is 17.6 Å². The molecule has 1 N–H and O–H groups in total. The molecule has 6 nitrogen and oxygen atoms in total. The minimum atomic E-state index is -3.68. The van der Waals surface area contributed by atoms with Gasteiger partial charge in [0.25, 0.3) is 0 Å². The van der Waals surface area contributed by atoms with Crippen molar-refractivity contribution in [2.24, 2.45) is 0 Å². The molecule has 122 valence electrons. The van der Waals surface area contributed by atoms with Gasteiger partial charge in [0, 0.05) is 19.1 Å². The Balaban J connectivity index is 1.92. The Kier molecular flexibility index (Phi) is 5.36. The number of sulfonamides is 1. The first kappa shape index (κ1) is 16.7. The number of halogens is 1. The third kappa shape index (κ3) is 4.17. The summed E-state index contributed by atoms with van der Waals surface area (Å²) < 4.78 is 44.7. The second kappa shape index (κ2) is 7.06. The fraction of sp³-hybridized carbons (Fsp3) is 0.500. The van der Waals surface area contributed by atoms with Crippen molar-refractivity contribution in [2.75, 3.05) is 19.7 Å². The molecular weight excluding hydrogens is 311 g/mol. The number of hydrogen-bond acceptors (Lipinski definition) is 4. The van der Waals surface area contributed by atoms with Crippen molar-refractivity contribution in [2.45, 2.75) is 30.7 Å². The number of nitrogens with one attached hydrogen (secondary N) is 1. The lowest BCUT2D eigenvalue weighted by molar-refractivity contribution is 0.0966. The predicted molar refractivity (Wildman–Crippen MR) is 78.3 cm³/mol. The highest BCUT2D eigenvalue weighted by atomic mass is 32.2. The number of benzene rings is 1. The zero-order valence-corrected chi connectivity index (χ0v) is 13.1. The van der Waals surface area contributed by atoms with Gasteiger partial charge in [-0.15, -0.1) is 0 Å². The summed E-state index contributed by atoms with van der Waals surface area (Å²) in [4.78, 5) is 13.2. The maximum Gasteiger partial charge on any atom is 0.409 e. The van der Waals surface area contributed by atoms with Crippen LogP contribution in [0, 0.1) is 5.82 Å². The lowest BCUT2D eigenvalue weighted by atomic mass is 10.1. The predicted octanol–water partition coefficient (Wildman–Crippen LogP) is 1.72. The number of nitrogens with zero attached hydrogens (tertiary/aromatic N) is 1. The highest BCUT2D eigenvalue weighted by molar-refractivity contribution is 7.89. The summed E-state index contributed by atoms with van der Waals surface area (Å²) in [5.74, 6) is -0.485. The summed E-state index contributed by atoms with van der Waals surface area (Å²) in [6.07, 6.45) is 0.653. The fourth-order valence-corrected chi connectivity index (χ4v) is 3.60. The molecule has 0 spiro atoms. The minimum absolute atomic E-state index is 0.0294. The fourth-order valence-electron chi connectivity index (χ4n) is 2.30. The van der Waals surface area contributed by atoms with E-state index in [1.54, 1.807) is 11.8 Å². The molecule has 8 heteroatoms. The molecular formula is C14H19FN2O4S. The van der Waals surface area contributed by atoms with E-state index in [-0.39, 0.29) is 17.0 Å². The first-order valence-electron chi connectivity index (χ1n) is 7.12. The van der Waals surface area contributed by atoms with Crippen molar-refractivity contribution in [1.29, 1.82) is 0 Å². The average Bonchev–Trinajstić information content (AvgIpc) is 2.48. The molecule has 0 saturated carbocycles. The van der Waals surface area contributed by atoms with Gasteiger partial charge >= 0.3 is 6.09 Å². The molecule has 1 aliphatic rings. The SMILES string of the molecule is CCOC(=O)N1CCC(NS(=O)(=O)c2ccc(F)cc2)CC1. The lowest BCUT2D eigenvalue weighted by Crippen LogP contribution is -2.46. The smallest absolute Gasteiger partial charge is 0.409 e. The summed E-state index contributed by atoms with van der Waals surface area (Å²) in [5, 5.41) is 0. The topological polar surface area (TPSA) is 75.7 Å². The average molecular weight is 330 g/mol. The number of hydrogen-bond donors (Lipinski definition) is 1. The van der Waals surface area contributed by atoms with Gasteiger partial charge in [0.1, 0.15) is 5.82 Å². The molecule has 2 rings (SSSR count). The largest absolute Gasteiger partial charge is 0.450 e. The standard InChI is InChI=1S/C14H19FN2O4S/c1-2-21-14(18)17-9-7-12(8-10-17)16-22(19,20)13-5-3-11(15)4-6-13/h3-6,12,16H,2,7-10H2,1H3. The van der Waals surface area contributed by atoms with Crippen LogP contribution in [-0.2, 0) is 14.8 Å². The number of carbonyl (C=O) groups is 1.